The Morgan fingerprint density at radius 2 is 2.15 bits per heavy atom. The fraction of sp³-hybridized carbons (Fsp3) is 0.111. The lowest BCUT2D eigenvalue weighted by molar-refractivity contribution is 1.43. The first-order valence-corrected chi connectivity index (χ1v) is 5.88. The van der Waals surface area contributed by atoms with Crippen LogP contribution in [0.5, 0.6) is 0 Å². The lowest BCUT2D eigenvalue weighted by atomic mass is 10.1. The third-order valence-electron chi connectivity index (χ3n) is 1.89. The quantitative estimate of drug-likeness (QED) is 0.619. The van der Waals surface area contributed by atoms with Crippen molar-refractivity contribution in [2.75, 3.05) is 5.73 Å². The highest BCUT2D eigenvalue weighted by molar-refractivity contribution is 9.11. The Labute approximate surface area is 93.6 Å². The number of halogens is 2. The van der Waals surface area contributed by atoms with Crippen LogP contribution in [0.4, 0.5) is 5.69 Å². The molecule has 1 nitrogen and oxygen atoms in total. The monoisotopic (exact) mass is 275 g/mol. The largest absolute Gasteiger partial charge is 0.398 e. The Hall–Kier alpha value is -0.250. The van der Waals surface area contributed by atoms with Crippen molar-refractivity contribution in [1.82, 2.24) is 0 Å². The van der Waals surface area contributed by atoms with Gasteiger partial charge in [0.15, 0.2) is 0 Å². The summed E-state index contributed by atoms with van der Waals surface area (Å²) in [5.74, 6) is 0.470. The van der Waals surface area contributed by atoms with Gasteiger partial charge in [-0.2, -0.15) is 0 Å². The minimum absolute atomic E-state index is 0.470. The highest BCUT2D eigenvalue weighted by Gasteiger charge is 2.04. The van der Waals surface area contributed by atoms with Crippen molar-refractivity contribution in [1.29, 1.82) is 0 Å². The van der Waals surface area contributed by atoms with E-state index in [1.54, 1.807) is 11.3 Å². The average Bonchev–Trinajstić information content (AvgIpc) is 2.42. The molecule has 0 aliphatic rings. The summed E-state index contributed by atoms with van der Waals surface area (Å²) in [5.41, 5.74) is 7.59. The van der Waals surface area contributed by atoms with E-state index in [1.807, 2.05) is 12.1 Å². The zero-order chi connectivity index (χ0) is 9.42. The third kappa shape index (κ3) is 1.68. The van der Waals surface area contributed by atoms with Crippen LogP contribution >= 0.6 is 38.9 Å². The number of nitrogens with two attached hydrogens (primary N) is 1. The van der Waals surface area contributed by atoms with Gasteiger partial charge < -0.3 is 5.73 Å². The van der Waals surface area contributed by atoms with E-state index >= 15 is 0 Å². The molecular formula is C9H7BrClNS. The maximum absolute atomic E-state index is 5.81. The highest BCUT2D eigenvalue weighted by atomic mass is 79.9. The van der Waals surface area contributed by atoms with Gasteiger partial charge in [0, 0.05) is 16.3 Å². The second-order valence-corrected chi connectivity index (χ2v) is 5.50. The molecule has 4 heteroatoms. The Kier molecular flexibility index (Phi) is 2.49. The van der Waals surface area contributed by atoms with Crippen molar-refractivity contribution in [3.05, 3.63) is 27.5 Å². The summed E-state index contributed by atoms with van der Waals surface area (Å²) in [7, 11) is 0. The first-order valence-electron chi connectivity index (χ1n) is 3.74. The summed E-state index contributed by atoms with van der Waals surface area (Å²) in [6.45, 7) is 0. The third-order valence-corrected chi connectivity index (χ3v) is 3.78. The summed E-state index contributed by atoms with van der Waals surface area (Å²) in [6, 6.07) is 6.08. The van der Waals surface area contributed by atoms with Crippen LogP contribution < -0.4 is 5.73 Å². The summed E-state index contributed by atoms with van der Waals surface area (Å²) < 4.78 is 2.34. The molecule has 0 aliphatic carbocycles. The van der Waals surface area contributed by atoms with E-state index in [0.29, 0.717) is 5.88 Å². The lowest BCUT2D eigenvalue weighted by Gasteiger charge is -2.00. The van der Waals surface area contributed by atoms with Crippen molar-refractivity contribution in [2.24, 2.45) is 0 Å². The van der Waals surface area contributed by atoms with Gasteiger partial charge in [-0.1, -0.05) is 0 Å². The van der Waals surface area contributed by atoms with Crippen molar-refractivity contribution in [2.45, 2.75) is 5.88 Å². The molecule has 68 valence electrons. The molecule has 2 rings (SSSR count). The number of fused-ring (bicyclic) bond motifs is 1. The molecule has 2 aromatic rings. The summed E-state index contributed by atoms with van der Waals surface area (Å²) in [5, 5.41) is 1.17. The number of thiophene rings is 1. The van der Waals surface area contributed by atoms with Gasteiger partial charge in [0.05, 0.1) is 3.79 Å². The Balaban J connectivity index is 2.72. The Morgan fingerprint density at radius 3 is 2.85 bits per heavy atom. The number of nitrogen functional groups attached to an aromatic ring is 1. The summed E-state index contributed by atoms with van der Waals surface area (Å²) >= 11 is 10.9. The molecule has 0 saturated heterocycles. The van der Waals surface area contributed by atoms with Crippen molar-refractivity contribution in [3.8, 4) is 0 Å². The minimum Gasteiger partial charge on any atom is -0.398 e. The highest BCUT2D eigenvalue weighted by Crippen LogP contribution is 2.33. The van der Waals surface area contributed by atoms with Crippen molar-refractivity contribution < 1.29 is 0 Å². The Morgan fingerprint density at radius 1 is 1.38 bits per heavy atom. The molecule has 0 radical (unpaired) electrons. The van der Waals surface area contributed by atoms with Gasteiger partial charge in [-0.05, 0) is 45.1 Å². The number of rotatable bonds is 1. The summed E-state index contributed by atoms with van der Waals surface area (Å²) in [4.78, 5) is 0. The van der Waals surface area contributed by atoms with Crippen LogP contribution in [0, 0.1) is 0 Å². The van der Waals surface area contributed by atoms with E-state index in [-0.39, 0.29) is 0 Å². The number of anilines is 1. The van der Waals surface area contributed by atoms with Crippen LogP contribution in [-0.2, 0) is 5.88 Å². The predicted octanol–water partition coefficient (Wildman–Crippen LogP) is 3.98. The molecule has 0 saturated carbocycles. The van der Waals surface area contributed by atoms with Crippen LogP contribution in [0.2, 0.25) is 0 Å². The molecule has 1 aromatic heterocycles. The molecule has 2 N–H and O–H groups in total. The van der Waals surface area contributed by atoms with Gasteiger partial charge in [-0.15, -0.1) is 22.9 Å². The van der Waals surface area contributed by atoms with Crippen molar-refractivity contribution >= 4 is 54.6 Å². The zero-order valence-electron chi connectivity index (χ0n) is 6.68. The molecule has 1 heterocycles. The zero-order valence-corrected chi connectivity index (χ0v) is 9.84. The van der Waals surface area contributed by atoms with Crippen LogP contribution in [0.3, 0.4) is 0 Å². The number of alkyl halides is 1. The van der Waals surface area contributed by atoms with Gasteiger partial charge in [0.2, 0.25) is 0 Å². The average molecular weight is 277 g/mol. The van der Waals surface area contributed by atoms with E-state index in [1.165, 1.54) is 10.1 Å². The Bertz CT molecular complexity index is 452. The molecule has 0 spiro atoms. The van der Waals surface area contributed by atoms with Gasteiger partial charge in [-0.25, -0.2) is 0 Å². The van der Waals surface area contributed by atoms with Crippen LogP contribution in [0.15, 0.2) is 22.0 Å². The SMILES string of the molecule is Nc1cc2cc(Br)sc2cc1CCl. The fourth-order valence-corrected chi connectivity index (χ4v) is 3.06. The molecular weight excluding hydrogens is 270 g/mol. The molecule has 0 amide bonds. The second-order valence-electron chi connectivity index (χ2n) is 2.77. The molecule has 0 atom stereocenters. The minimum atomic E-state index is 0.470. The first-order chi connectivity index (χ1) is 6.20. The van der Waals surface area contributed by atoms with Gasteiger partial charge in [0.1, 0.15) is 0 Å². The number of benzene rings is 1. The maximum atomic E-state index is 5.81. The number of hydrogen-bond donors (Lipinski definition) is 1. The van der Waals surface area contributed by atoms with Crippen LogP contribution in [0.1, 0.15) is 5.56 Å². The van der Waals surface area contributed by atoms with Crippen molar-refractivity contribution in [3.63, 3.8) is 0 Å². The summed E-state index contributed by atoms with van der Waals surface area (Å²) in [6.07, 6.45) is 0. The van der Waals surface area contributed by atoms with Crippen LogP contribution in [0.25, 0.3) is 10.1 Å². The lowest BCUT2D eigenvalue weighted by Crippen LogP contribution is -1.90. The van der Waals surface area contributed by atoms with E-state index in [9.17, 15) is 0 Å². The van der Waals surface area contributed by atoms with Crippen LogP contribution in [-0.4, -0.2) is 0 Å². The fourth-order valence-electron chi connectivity index (χ4n) is 1.23. The van der Waals surface area contributed by atoms with E-state index in [0.717, 1.165) is 15.0 Å². The molecule has 0 bridgehead atoms. The normalized spacial score (nSPS) is 10.9. The van der Waals surface area contributed by atoms with E-state index < -0.39 is 0 Å². The molecule has 0 aliphatic heterocycles. The van der Waals surface area contributed by atoms with E-state index in [2.05, 4.69) is 22.0 Å². The molecule has 13 heavy (non-hydrogen) atoms. The molecule has 0 fully saturated rings. The standard InChI is InChI=1S/C9H7BrClNS/c10-9-3-5-1-7(12)6(4-11)2-8(5)13-9/h1-3H,4,12H2. The smallest absolute Gasteiger partial charge is 0.0711 e. The van der Waals surface area contributed by atoms with E-state index in [4.69, 9.17) is 17.3 Å². The van der Waals surface area contributed by atoms with Gasteiger partial charge in [0.25, 0.3) is 0 Å². The maximum Gasteiger partial charge on any atom is 0.0711 e. The first kappa shape index (κ1) is 9.31. The van der Waals surface area contributed by atoms with Gasteiger partial charge >= 0.3 is 0 Å². The van der Waals surface area contributed by atoms with Gasteiger partial charge in [-0.3, -0.25) is 0 Å². The number of hydrogen-bond acceptors (Lipinski definition) is 2. The topological polar surface area (TPSA) is 26.0 Å². The second kappa shape index (κ2) is 3.48. The molecule has 1 aromatic carbocycles. The predicted molar refractivity (Wildman–Crippen MR) is 63.5 cm³/mol. The molecule has 0 unspecified atom stereocenters.